The predicted molar refractivity (Wildman–Crippen MR) is 168 cm³/mol. The lowest BCUT2D eigenvalue weighted by Gasteiger charge is -2.72. The molecule has 42 heavy (non-hydrogen) atoms. The maximum absolute atomic E-state index is 14.1. The summed E-state index contributed by atoms with van der Waals surface area (Å²) in [7, 11) is 1.69. The highest BCUT2D eigenvalue weighted by Crippen LogP contribution is 2.77. The van der Waals surface area contributed by atoms with E-state index in [1.165, 1.54) is 5.57 Å². The van der Waals surface area contributed by atoms with Gasteiger partial charge in [0.25, 0.3) is 0 Å². The zero-order chi connectivity index (χ0) is 30.5. The Morgan fingerprint density at radius 2 is 1.67 bits per heavy atom. The zero-order valence-corrected chi connectivity index (χ0v) is 27.0. The van der Waals surface area contributed by atoms with Gasteiger partial charge in [-0.1, -0.05) is 65.0 Å². The highest BCUT2D eigenvalue weighted by molar-refractivity contribution is 6.04. The summed E-state index contributed by atoms with van der Waals surface area (Å²) >= 11 is 0. The number of carboxylic acids is 1. The Balaban J connectivity index is 1.42. The lowest BCUT2D eigenvalue weighted by Crippen LogP contribution is -2.67. The Bertz CT molecular complexity index is 1350. The highest BCUT2D eigenvalue weighted by atomic mass is 16.5. The fourth-order valence-corrected chi connectivity index (χ4v) is 12.5. The molecule has 0 spiro atoms. The Morgan fingerprint density at radius 3 is 2.33 bits per heavy atom. The van der Waals surface area contributed by atoms with Gasteiger partial charge in [-0.25, -0.2) is 0 Å². The SMILES string of the molecule is C=C(C)[C@@H]1CC[C@]2(C(=O)O)CC[C@]3(C)[C@H](CC[C@@H]4[C@@]5(C)CC(=Cc6ccccc6OC)C(=O)C(C)(C)C5CC[C@]43C)C12. The molecule has 5 saturated carbocycles. The van der Waals surface area contributed by atoms with Gasteiger partial charge >= 0.3 is 5.97 Å². The second kappa shape index (κ2) is 9.57. The smallest absolute Gasteiger partial charge is 0.309 e. The van der Waals surface area contributed by atoms with E-state index in [1.807, 2.05) is 24.3 Å². The number of ether oxygens (including phenoxy) is 1. The maximum atomic E-state index is 14.1. The third kappa shape index (κ3) is 3.71. The van der Waals surface area contributed by atoms with Crippen LogP contribution in [0.25, 0.3) is 6.08 Å². The molecule has 5 aliphatic carbocycles. The van der Waals surface area contributed by atoms with Gasteiger partial charge in [-0.2, -0.15) is 0 Å². The summed E-state index contributed by atoms with van der Waals surface area (Å²) in [5, 5.41) is 10.7. The van der Waals surface area contributed by atoms with Crippen LogP contribution in [-0.2, 0) is 9.59 Å². The van der Waals surface area contributed by atoms with Gasteiger partial charge in [0.1, 0.15) is 5.75 Å². The predicted octanol–water partition coefficient (Wildman–Crippen LogP) is 9.00. The molecule has 9 atom stereocenters. The summed E-state index contributed by atoms with van der Waals surface area (Å²) in [5.74, 6) is 2.23. The average Bonchev–Trinajstić information content (AvgIpc) is 3.34. The molecule has 1 aromatic carbocycles. The summed E-state index contributed by atoms with van der Waals surface area (Å²) in [5.41, 5.74) is 2.23. The van der Waals surface area contributed by atoms with Gasteiger partial charge in [-0.3, -0.25) is 9.59 Å². The van der Waals surface area contributed by atoms with E-state index in [0.717, 1.165) is 74.7 Å². The van der Waals surface area contributed by atoms with Crippen molar-refractivity contribution in [2.75, 3.05) is 7.11 Å². The normalized spacial score (nSPS) is 44.9. The molecule has 2 unspecified atom stereocenters. The summed E-state index contributed by atoms with van der Waals surface area (Å²) in [6.45, 7) is 18.5. The minimum absolute atomic E-state index is 0.00297. The molecule has 1 N–H and O–H groups in total. The molecule has 5 fully saturated rings. The second-order valence-electron chi connectivity index (χ2n) is 16.3. The summed E-state index contributed by atoms with van der Waals surface area (Å²) in [6, 6.07) is 8.01. The molecule has 0 bridgehead atoms. The minimum Gasteiger partial charge on any atom is -0.496 e. The molecule has 5 aliphatic rings. The lowest BCUT2D eigenvalue weighted by atomic mass is 9.32. The zero-order valence-electron chi connectivity index (χ0n) is 27.0. The van der Waals surface area contributed by atoms with Crippen LogP contribution in [0.3, 0.4) is 0 Å². The van der Waals surface area contributed by atoms with E-state index in [1.54, 1.807) is 7.11 Å². The number of carbonyl (C=O) groups is 2. The summed E-state index contributed by atoms with van der Waals surface area (Å²) in [6.07, 6.45) is 10.8. The molecule has 0 saturated heterocycles. The van der Waals surface area contributed by atoms with Crippen molar-refractivity contribution in [3.05, 3.63) is 47.6 Å². The van der Waals surface area contributed by atoms with E-state index in [4.69, 9.17) is 4.74 Å². The number of ketones is 1. The largest absolute Gasteiger partial charge is 0.496 e. The van der Waals surface area contributed by atoms with Gasteiger partial charge in [0, 0.05) is 11.0 Å². The molecule has 0 radical (unpaired) electrons. The summed E-state index contributed by atoms with van der Waals surface area (Å²) in [4.78, 5) is 27.1. The van der Waals surface area contributed by atoms with Crippen molar-refractivity contribution in [2.45, 2.75) is 99.3 Å². The molecule has 6 rings (SSSR count). The quantitative estimate of drug-likeness (QED) is 0.289. The van der Waals surface area contributed by atoms with Crippen molar-refractivity contribution in [1.29, 1.82) is 0 Å². The molecule has 0 aliphatic heterocycles. The van der Waals surface area contributed by atoms with Crippen LogP contribution in [0, 0.1) is 56.7 Å². The molecule has 228 valence electrons. The number of benzene rings is 1. The number of methoxy groups -OCH3 is 1. The van der Waals surface area contributed by atoms with Gasteiger partial charge in [-0.15, -0.1) is 0 Å². The molecular weight excluding hydrogens is 520 g/mol. The average molecular weight is 573 g/mol. The van der Waals surface area contributed by atoms with Crippen molar-refractivity contribution in [3.8, 4) is 5.75 Å². The molecule has 0 heterocycles. The Labute approximate surface area is 253 Å². The van der Waals surface area contributed by atoms with Gasteiger partial charge in [0.2, 0.25) is 0 Å². The molecule has 0 aromatic heterocycles. The van der Waals surface area contributed by atoms with Crippen LogP contribution < -0.4 is 4.74 Å². The third-order valence-corrected chi connectivity index (χ3v) is 14.5. The number of carbonyl (C=O) groups excluding carboxylic acids is 1. The maximum Gasteiger partial charge on any atom is 0.309 e. The van der Waals surface area contributed by atoms with Crippen molar-refractivity contribution in [1.82, 2.24) is 0 Å². The van der Waals surface area contributed by atoms with Crippen LogP contribution >= 0.6 is 0 Å². The van der Waals surface area contributed by atoms with Crippen molar-refractivity contribution in [3.63, 3.8) is 0 Å². The van der Waals surface area contributed by atoms with Crippen LogP contribution in [0.4, 0.5) is 0 Å². The fourth-order valence-electron chi connectivity index (χ4n) is 12.5. The van der Waals surface area contributed by atoms with E-state index >= 15 is 0 Å². The molecule has 1 aromatic rings. The lowest BCUT2D eigenvalue weighted by molar-refractivity contribution is -0.231. The number of hydrogen-bond acceptors (Lipinski definition) is 3. The van der Waals surface area contributed by atoms with E-state index in [9.17, 15) is 14.7 Å². The van der Waals surface area contributed by atoms with Crippen molar-refractivity contribution < 1.29 is 19.4 Å². The van der Waals surface area contributed by atoms with E-state index in [-0.39, 0.29) is 22.2 Å². The van der Waals surface area contributed by atoms with Crippen LogP contribution in [0.1, 0.15) is 105 Å². The number of allylic oxidation sites excluding steroid dienone is 2. The van der Waals surface area contributed by atoms with Gasteiger partial charge in [0.05, 0.1) is 12.5 Å². The molecular formula is C38H52O4. The van der Waals surface area contributed by atoms with Crippen LogP contribution in [0.5, 0.6) is 5.75 Å². The number of rotatable bonds is 4. The number of fused-ring (bicyclic) bond motifs is 7. The molecule has 4 heteroatoms. The first-order chi connectivity index (χ1) is 19.7. The van der Waals surface area contributed by atoms with Gasteiger partial charge < -0.3 is 9.84 Å². The Hall–Kier alpha value is -2.36. The van der Waals surface area contributed by atoms with Crippen LogP contribution in [0.15, 0.2) is 42.0 Å². The first kappa shape index (κ1) is 29.7. The first-order valence-corrected chi connectivity index (χ1v) is 16.4. The Morgan fingerprint density at radius 1 is 0.952 bits per heavy atom. The van der Waals surface area contributed by atoms with Crippen LogP contribution in [-0.4, -0.2) is 24.0 Å². The summed E-state index contributed by atoms with van der Waals surface area (Å²) < 4.78 is 5.66. The molecule has 0 amide bonds. The highest BCUT2D eigenvalue weighted by Gasteiger charge is 2.72. The number of hydrogen-bond donors (Lipinski definition) is 1. The molecule has 4 nitrogen and oxygen atoms in total. The number of carboxylic acid groups (broad SMARTS) is 1. The van der Waals surface area contributed by atoms with Gasteiger partial charge in [-0.05, 0) is 128 Å². The van der Waals surface area contributed by atoms with Crippen LogP contribution in [0.2, 0.25) is 0 Å². The Kier molecular flexibility index (Phi) is 6.77. The fraction of sp³-hybridized carbons (Fsp3) is 0.684. The van der Waals surface area contributed by atoms with Crippen molar-refractivity contribution in [2.24, 2.45) is 56.7 Å². The topological polar surface area (TPSA) is 63.6 Å². The monoisotopic (exact) mass is 572 g/mol. The van der Waals surface area contributed by atoms with E-state index < -0.39 is 16.8 Å². The second-order valence-corrected chi connectivity index (χ2v) is 16.3. The minimum atomic E-state index is -0.595. The number of aliphatic carboxylic acids is 1. The number of Topliss-reactive ketones (excluding diaryl/α,β-unsaturated/α-hetero) is 1. The number of para-hydroxylation sites is 1. The third-order valence-electron chi connectivity index (χ3n) is 14.5. The van der Waals surface area contributed by atoms with Gasteiger partial charge in [0.15, 0.2) is 5.78 Å². The standard InChI is InChI=1S/C38H52O4/c1-23(2)26-15-18-38(33(40)41)20-19-36(6)27(31(26)38)13-14-30-35(5)22-25(21-24-11-9-10-12-28(24)42-8)32(39)34(3,4)29(35)16-17-37(30,36)7/h9-12,21,26-27,29-31H,1,13-20,22H2,2-8H3,(H,40,41)/t26-,27+,29?,30+,31?,35-,36+,37+,38-/m0/s1. The van der Waals surface area contributed by atoms with Crippen molar-refractivity contribution >= 4 is 17.8 Å². The van der Waals surface area contributed by atoms with E-state index in [2.05, 4.69) is 54.2 Å². The first-order valence-electron chi connectivity index (χ1n) is 16.4. The van der Waals surface area contributed by atoms with E-state index in [0.29, 0.717) is 29.5 Å².